The maximum atomic E-state index is 6.06. The third-order valence-corrected chi connectivity index (χ3v) is 3.39. The smallest absolute Gasteiger partial charge is 0.137 e. The van der Waals surface area contributed by atoms with Crippen LogP contribution in [0.1, 0.15) is 23.9 Å². The number of halogens is 1. The zero-order valence-corrected chi connectivity index (χ0v) is 11.1. The van der Waals surface area contributed by atoms with Crippen LogP contribution in [0.15, 0.2) is 17.9 Å². The number of nitrogens with one attached hydrogen (secondary N) is 1. The van der Waals surface area contributed by atoms with Crippen LogP contribution in [0.4, 0.5) is 5.82 Å². The van der Waals surface area contributed by atoms with E-state index in [-0.39, 0.29) is 0 Å². The maximum absolute atomic E-state index is 6.06. The fraction of sp³-hybridized carbons (Fsp3) is 0.364. The van der Waals surface area contributed by atoms with Crippen molar-refractivity contribution in [3.8, 4) is 0 Å². The molecular weight excluding hydrogens is 256 g/mol. The number of hydrogen-bond acceptors (Lipinski definition) is 5. The summed E-state index contributed by atoms with van der Waals surface area (Å²) in [7, 11) is 0. The number of nitrogens with zero attached hydrogens (tertiary/aromatic N) is 3. The Bertz CT molecular complexity index is 472. The molecule has 1 N–H and O–H groups in total. The van der Waals surface area contributed by atoms with Crippen LogP contribution in [0.2, 0.25) is 5.15 Å². The topological polar surface area (TPSA) is 50.7 Å². The van der Waals surface area contributed by atoms with Gasteiger partial charge in [0.05, 0.1) is 6.54 Å². The molecule has 6 heteroatoms. The molecule has 0 unspecified atom stereocenters. The van der Waals surface area contributed by atoms with Crippen LogP contribution < -0.4 is 5.32 Å². The lowest BCUT2D eigenvalue weighted by molar-refractivity contribution is 0.896. The van der Waals surface area contributed by atoms with Crippen LogP contribution in [0.5, 0.6) is 0 Å². The highest BCUT2D eigenvalue weighted by Gasteiger charge is 2.08. The van der Waals surface area contributed by atoms with Crippen molar-refractivity contribution in [2.45, 2.75) is 26.3 Å². The average Bonchev–Trinajstić information content (AvgIpc) is 2.83. The lowest BCUT2D eigenvalue weighted by Crippen LogP contribution is -2.05. The summed E-state index contributed by atoms with van der Waals surface area (Å²) >= 11 is 7.68. The number of anilines is 1. The molecule has 90 valence electrons. The third-order valence-electron chi connectivity index (χ3n) is 2.28. The Morgan fingerprint density at radius 2 is 2.24 bits per heavy atom. The fourth-order valence-corrected chi connectivity index (χ4v) is 2.30. The minimum atomic E-state index is 0.531. The third kappa shape index (κ3) is 3.14. The molecule has 2 heterocycles. The van der Waals surface area contributed by atoms with E-state index >= 15 is 0 Å². The predicted molar refractivity (Wildman–Crippen MR) is 70.5 cm³/mol. The largest absolute Gasteiger partial charge is 0.363 e. The van der Waals surface area contributed by atoms with Gasteiger partial charge < -0.3 is 5.32 Å². The Kier molecular flexibility index (Phi) is 4.28. The molecule has 4 nitrogen and oxygen atoms in total. The van der Waals surface area contributed by atoms with Crippen molar-refractivity contribution in [2.24, 2.45) is 0 Å². The molecule has 0 radical (unpaired) electrons. The molecule has 0 bridgehead atoms. The summed E-state index contributed by atoms with van der Waals surface area (Å²) in [5.41, 5.74) is 0.980. The first-order valence-corrected chi connectivity index (χ1v) is 6.68. The van der Waals surface area contributed by atoms with Crippen molar-refractivity contribution in [3.05, 3.63) is 33.6 Å². The Morgan fingerprint density at radius 3 is 2.94 bits per heavy atom. The molecule has 0 aliphatic heterocycles. The highest BCUT2D eigenvalue weighted by atomic mass is 35.5. The minimum Gasteiger partial charge on any atom is -0.363 e. The summed E-state index contributed by atoms with van der Waals surface area (Å²) in [4.78, 5) is 12.4. The first-order chi connectivity index (χ1) is 8.31. The standard InChI is InChI=1S/C11H13ClN4S/c1-2-3-8-10(12)15-7-16-11(8)14-6-9-13-4-5-17-9/h4-5,7H,2-3,6H2,1H3,(H,14,15,16). The number of rotatable bonds is 5. The average molecular weight is 269 g/mol. The molecule has 2 rings (SSSR count). The summed E-state index contributed by atoms with van der Waals surface area (Å²) in [6.07, 6.45) is 5.16. The van der Waals surface area contributed by atoms with Crippen LogP contribution in [-0.2, 0) is 13.0 Å². The summed E-state index contributed by atoms with van der Waals surface area (Å²) < 4.78 is 0. The van der Waals surface area contributed by atoms with Gasteiger partial charge in [-0.15, -0.1) is 11.3 Å². The number of aromatic nitrogens is 3. The molecule has 0 atom stereocenters. The second-order valence-corrected chi connectivity index (χ2v) is 4.86. The molecule has 2 aromatic heterocycles. The molecule has 0 aliphatic carbocycles. The first kappa shape index (κ1) is 12.3. The quantitative estimate of drug-likeness (QED) is 0.847. The van der Waals surface area contributed by atoms with E-state index in [4.69, 9.17) is 11.6 Å². The second kappa shape index (κ2) is 5.93. The Morgan fingerprint density at radius 1 is 1.35 bits per heavy atom. The molecule has 0 fully saturated rings. The van der Waals surface area contributed by atoms with Crippen molar-refractivity contribution < 1.29 is 0 Å². The van der Waals surface area contributed by atoms with Crippen LogP contribution in [0.3, 0.4) is 0 Å². The molecule has 2 aromatic rings. The molecule has 0 aromatic carbocycles. The first-order valence-electron chi connectivity index (χ1n) is 5.43. The van der Waals surface area contributed by atoms with E-state index in [1.54, 1.807) is 17.5 Å². The molecule has 0 aliphatic rings. The SMILES string of the molecule is CCCc1c(Cl)ncnc1NCc1nccs1. The van der Waals surface area contributed by atoms with E-state index < -0.39 is 0 Å². The minimum absolute atomic E-state index is 0.531. The van der Waals surface area contributed by atoms with E-state index in [1.165, 1.54) is 6.33 Å². The molecule has 17 heavy (non-hydrogen) atoms. The molecular formula is C11H13ClN4S. The van der Waals surface area contributed by atoms with Crippen LogP contribution in [0, 0.1) is 0 Å². The van der Waals surface area contributed by atoms with Crippen molar-refractivity contribution in [2.75, 3.05) is 5.32 Å². The molecule has 0 spiro atoms. The van der Waals surface area contributed by atoms with Gasteiger partial charge in [0.1, 0.15) is 22.3 Å². The van der Waals surface area contributed by atoms with Gasteiger partial charge in [-0.1, -0.05) is 24.9 Å². The fourth-order valence-electron chi connectivity index (χ4n) is 1.51. The van der Waals surface area contributed by atoms with Crippen LogP contribution >= 0.6 is 22.9 Å². The normalized spacial score (nSPS) is 10.5. The van der Waals surface area contributed by atoms with Crippen molar-refractivity contribution in [3.63, 3.8) is 0 Å². The van der Waals surface area contributed by atoms with Gasteiger partial charge in [0.2, 0.25) is 0 Å². The van der Waals surface area contributed by atoms with Gasteiger partial charge in [-0.2, -0.15) is 0 Å². The maximum Gasteiger partial charge on any atom is 0.137 e. The van der Waals surface area contributed by atoms with E-state index in [1.807, 2.05) is 5.38 Å². The monoisotopic (exact) mass is 268 g/mol. The van der Waals surface area contributed by atoms with Gasteiger partial charge in [0.25, 0.3) is 0 Å². The van der Waals surface area contributed by atoms with Crippen LogP contribution in [-0.4, -0.2) is 15.0 Å². The van der Waals surface area contributed by atoms with Gasteiger partial charge in [0.15, 0.2) is 0 Å². The number of hydrogen-bond donors (Lipinski definition) is 1. The Hall–Kier alpha value is -1.20. The zero-order valence-electron chi connectivity index (χ0n) is 9.48. The van der Waals surface area contributed by atoms with Crippen molar-refractivity contribution in [1.82, 2.24) is 15.0 Å². The summed E-state index contributed by atoms with van der Waals surface area (Å²) in [5, 5.41) is 6.77. The number of thiazole rings is 1. The molecule has 0 amide bonds. The van der Waals surface area contributed by atoms with Gasteiger partial charge in [-0.05, 0) is 6.42 Å². The van der Waals surface area contributed by atoms with Gasteiger partial charge in [-0.3, -0.25) is 0 Å². The predicted octanol–water partition coefficient (Wildman–Crippen LogP) is 3.15. The highest BCUT2D eigenvalue weighted by Crippen LogP contribution is 2.22. The lowest BCUT2D eigenvalue weighted by atomic mass is 10.2. The van der Waals surface area contributed by atoms with Crippen molar-refractivity contribution >= 4 is 28.8 Å². The molecule has 0 saturated heterocycles. The van der Waals surface area contributed by atoms with Gasteiger partial charge >= 0.3 is 0 Å². The van der Waals surface area contributed by atoms with Gasteiger partial charge in [-0.25, -0.2) is 15.0 Å². The van der Waals surface area contributed by atoms with Gasteiger partial charge in [0, 0.05) is 17.1 Å². The summed E-state index contributed by atoms with van der Waals surface area (Å²) in [6.45, 7) is 2.77. The molecule has 0 saturated carbocycles. The van der Waals surface area contributed by atoms with E-state index in [2.05, 4.69) is 27.2 Å². The summed E-state index contributed by atoms with van der Waals surface area (Å²) in [5.74, 6) is 0.807. The van der Waals surface area contributed by atoms with E-state index in [0.717, 1.165) is 29.2 Å². The van der Waals surface area contributed by atoms with Crippen LogP contribution in [0.25, 0.3) is 0 Å². The van der Waals surface area contributed by atoms with Crippen molar-refractivity contribution in [1.29, 1.82) is 0 Å². The Labute approximate surface area is 109 Å². The lowest BCUT2D eigenvalue weighted by Gasteiger charge is -2.09. The second-order valence-electron chi connectivity index (χ2n) is 3.52. The zero-order chi connectivity index (χ0) is 12.1. The Balaban J connectivity index is 2.11. The van der Waals surface area contributed by atoms with E-state index in [9.17, 15) is 0 Å². The highest BCUT2D eigenvalue weighted by molar-refractivity contribution is 7.09. The van der Waals surface area contributed by atoms with E-state index in [0.29, 0.717) is 11.7 Å². The summed E-state index contributed by atoms with van der Waals surface area (Å²) in [6, 6.07) is 0.